The van der Waals surface area contributed by atoms with Gasteiger partial charge in [0.2, 0.25) is 0 Å². The molecule has 0 bridgehead atoms. The average molecular weight is 276 g/mol. The van der Waals surface area contributed by atoms with Crippen LogP contribution in [-0.4, -0.2) is 15.0 Å². The second-order valence-electron chi connectivity index (χ2n) is 4.16. The zero-order valence-corrected chi connectivity index (χ0v) is 11.3. The number of fused-ring (bicyclic) bond motifs is 1. The van der Waals surface area contributed by atoms with Gasteiger partial charge in [0.25, 0.3) is 0 Å². The Hall–Kier alpha value is -1.53. The summed E-state index contributed by atoms with van der Waals surface area (Å²) in [4.78, 5) is 10.6. The molecular weight excluding hydrogens is 264 g/mol. The lowest BCUT2D eigenvalue weighted by Gasteiger charge is -2.02. The molecule has 0 saturated carbocycles. The van der Waals surface area contributed by atoms with E-state index in [1.54, 1.807) is 17.5 Å². The smallest absolute Gasteiger partial charge is 0.188 e. The fourth-order valence-corrected chi connectivity index (χ4v) is 3.14. The third kappa shape index (κ3) is 2.21. The van der Waals surface area contributed by atoms with E-state index >= 15 is 0 Å². The van der Waals surface area contributed by atoms with Gasteiger partial charge in [-0.2, -0.15) is 0 Å². The number of thiocarbonyl (C=S) groups is 1. The number of nitrogens with one attached hydrogen (secondary N) is 1. The van der Waals surface area contributed by atoms with E-state index in [4.69, 9.17) is 18.0 Å². The van der Waals surface area contributed by atoms with Crippen molar-refractivity contribution >= 4 is 39.5 Å². The highest BCUT2D eigenvalue weighted by molar-refractivity contribution is 7.80. The van der Waals surface area contributed by atoms with Gasteiger partial charge < -0.3 is 11.1 Å². The second kappa shape index (κ2) is 4.62. The molecular formula is C12H12N4S2. The van der Waals surface area contributed by atoms with E-state index in [0.29, 0.717) is 4.99 Å². The summed E-state index contributed by atoms with van der Waals surface area (Å²) in [5.74, 6) is 0.766. The Morgan fingerprint density at radius 3 is 2.94 bits per heavy atom. The van der Waals surface area contributed by atoms with Gasteiger partial charge in [-0.05, 0) is 31.4 Å². The first-order valence-electron chi connectivity index (χ1n) is 5.74. The normalized spacial score (nSPS) is 13.3. The van der Waals surface area contributed by atoms with Crippen LogP contribution >= 0.6 is 23.6 Å². The molecule has 0 radical (unpaired) electrons. The van der Waals surface area contributed by atoms with Crippen molar-refractivity contribution in [2.75, 3.05) is 5.32 Å². The molecule has 0 atom stereocenters. The van der Waals surface area contributed by atoms with E-state index < -0.39 is 0 Å². The quantitative estimate of drug-likeness (QED) is 0.843. The Balaban J connectivity index is 1.77. The third-order valence-corrected chi connectivity index (χ3v) is 4.19. The van der Waals surface area contributed by atoms with Gasteiger partial charge in [-0.15, -0.1) is 11.3 Å². The molecule has 0 aliphatic heterocycles. The minimum Gasteiger partial charge on any atom is -0.389 e. The van der Waals surface area contributed by atoms with E-state index in [0.717, 1.165) is 29.4 Å². The van der Waals surface area contributed by atoms with Crippen LogP contribution in [0.1, 0.15) is 22.6 Å². The lowest BCUT2D eigenvalue weighted by molar-refractivity contribution is 0.900. The fraction of sp³-hybridized carbons (Fsp3) is 0.250. The fourth-order valence-electron chi connectivity index (χ4n) is 1.97. The predicted molar refractivity (Wildman–Crippen MR) is 77.5 cm³/mol. The summed E-state index contributed by atoms with van der Waals surface area (Å²) in [6, 6.07) is 3.72. The Labute approximate surface area is 114 Å². The van der Waals surface area contributed by atoms with Crippen molar-refractivity contribution in [3.05, 3.63) is 34.5 Å². The van der Waals surface area contributed by atoms with Crippen LogP contribution in [0.25, 0.3) is 0 Å². The van der Waals surface area contributed by atoms with Crippen LogP contribution in [0.2, 0.25) is 0 Å². The van der Waals surface area contributed by atoms with Gasteiger partial charge in [0, 0.05) is 16.6 Å². The summed E-state index contributed by atoms with van der Waals surface area (Å²) < 4.78 is 0. The molecule has 0 fully saturated rings. The Bertz CT molecular complexity index is 567. The molecule has 0 amide bonds. The summed E-state index contributed by atoms with van der Waals surface area (Å²) in [6.07, 6.45) is 5.16. The molecule has 18 heavy (non-hydrogen) atoms. The molecule has 0 spiro atoms. The molecule has 0 aromatic carbocycles. The third-order valence-electron chi connectivity index (χ3n) is 2.88. The largest absolute Gasteiger partial charge is 0.389 e. The van der Waals surface area contributed by atoms with E-state index in [1.165, 1.54) is 17.0 Å². The number of pyridine rings is 1. The zero-order chi connectivity index (χ0) is 12.5. The van der Waals surface area contributed by atoms with Crippen molar-refractivity contribution in [1.82, 2.24) is 9.97 Å². The zero-order valence-electron chi connectivity index (χ0n) is 9.64. The highest BCUT2D eigenvalue weighted by Crippen LogP contribution is 2.31. The van der Waals surface area contributed by atoms with Crippen molar-refractivity contribution in [3.63, 3.8) is 0 Å². The van der Waals surface area contributed by atoms with E-state index in [1.807, 2.05) is 12.1 Å². The molecule has 6 heteroatoms. The molecule has 2 aromatic heterocycles. The van der Waals surface area contributed by atoms with Crippen LogP contribution in [-0.2, 0) is 12.8 Å². The summed E-state index contributed by atoms with van der Waals surface area (Å²) in [7, 11) is 0. The van der Waals surface area contributed by atoms with Crippen LogP contribution in [0.3, 0.4) is 0 Å². The summed E-state index contributed by atoms with van der Waals surface area (Å²) in [5, 5.41) is 4.12. The van der Waals surface area contributed by atoms with Crippen molar-refractivity contribution < 1.29 is 0 Å². The van der Waals surface area contributed by atoms with Crippen molar-refractivity contribution in [1.29, 1.82) is 0 Å². The Morgan fingerprint density at radius 2 is 2.28 bits per heavy atom. The van der Waals surface area contributed by atoms with E-state index in [9.17, 15) is 0 Å². The number of hydrogen-bond acceptors (Lipinski definition) is 5. The Morgan fingerprint density at radius 1 is 1.39 bits per heavy atom. The number of nitrogens with two attached hydrogens (primary N) is 1. The van der Waals surface area contributed by atoms with Crippen molar-refractivity contribution in [3.8, 4) is 0 Å². The van der Waals surface area contributed by atoms with E-state index in [2.05, 4.69) is 15.3 Å². The molecule has 92 valence electrons. The molecule has 2 heterocycles. The van der Waals surface area contributed by atoms with Gasteiger partial charge >= 0.3 is 0 Å². The minimum absolute atomic E-state index is 0.363. The summed E-state index contributed by atoms with van der Waals surface area (Å²) >= 11 is 6.60. The standard InChI is InChI=1S/C12H12N4S2/c13-11(17)7-4-5-10(14-6-7)16-12-15-8-2-1-3-9(8)18-12/h4-6H,1-3H2,(H2,13,17)(H,14,15,16). The number of nitrogens with zero attached hydrogens (tertiary/aromatic N) is 2. The second-order valence-corrected chi connectivity index (χ2v) is 5.69. The molecule has 3 rings (SSSR count). The molecule has 4 nitrogen and oxygen atoms in total. The van der Waals surface area contributed by atoms with Gasteiger partial charge in [0.15, 0.2) is 5.13 Å². The molecule has 1 aliphatic carbocycles. The van der Waals surface area contributed by atoms with Crippen molar-refractivity contribution in [2.24, 2.45) is 5.73 Å². The van der Waals surface area contributed by atoms with Gasteiger partial charge in [0.1, 0.15) is 10.8 Å². The van der Waals surface area contributed by atoms with Gasteiger partial charge in [-0.3, -0.25) is 0 Å². The molecule has 2 aromatic rings. The number of anilines is 2. The Kier molecular flexibility index (Phi) is 2.97. The van der Waals surface area contributed by atoms with Crippen molar-refractivity contribution in [2.45, 2.75) is 19.3 Å². The van der Waals surface area contributed by atoms with Crippen LogP contribution in [0.15, 0.2) is 18.3 Å². The molecule has 1 aliphatic rings. The maximum absolute atomic E-state index is 5.53. The van der Waals surface area contributed by atoms with Crippen LogP contribution in [0.4, 0.5) is 10.9 Å². The highest BCUT2D eigenvalue weighted by atomic mass is 32.1. The monoisotopic (exact) mass is 276 g/mol. The first kappa shape index (κ1) is 11.6. The maximum Gasteiger partial charge on any atom is 0.188 e. The van der Waals surface area contributed by atoms with Gasteiger partial charge in [-0.25, -0.2) is 9.97 Å². The van der Waals surface area contributed by atoms with E-state index in [-0.39, 0.29) is 0 Å². The van der Waals surface area contributed by atoms with Crippen LogP contribution in [0.5, 0.6) is 0 Å². The molecule has 0 unspecified atom stereocenters. The highest BCUT2D eigenvalue weighted by Gasteiger charge is 2.16. The lowest BCUT2D eigenvalue weighted by atomic mass is 10.3. The number of rotatable bonds is 3. The number of aromatic nitrogens is 2. The summed E-state index contributed by atoms with van der Waals surface area (Å²) in [6.45, 7) is 0. The number of hydrogen-bond donors (Lipinski definition) is 2. The van der Waals surface area contributed by atoms with Gasteiger partial charge in [-0.1, -0.05) is 12.2 Å². The predicted octanol–water partition coefficient (Wildman–Crippen LogP) is 2.40. The number of thiazole rings is 1. The van der Waals surface area contributed by atoms with Gasteiger partial charge in [0.05, 0.1) is 5.69 Å². The molecule has 3 N–H and O–H groups in total. The first-order valence-corrected chi connectivity index (χ1v) is 6.96. The van der Waals surface area contributed by atoms with Crippen LogP contribution < -0.4 is 11.1 Å². The minimum atomic E-state index is 0.363. The topological polar surface area (TPSA) is 63.8 Å². The molecule has 0 saturated heterocycles. The summed E-state index contributed by atoms with van der Waals surface area (Å²) in [5.41, 5.74) is 7.54. The van der Waals surface area contributed by atoms with Crippen LogP contribution in [0, 0.1) is 0 Å². The number of aryl methyl sites for hydroxylation is 2. The maximum atomic E-state index is 5.53. The first-order chi connectivity index (χ1) is 8.72. The lowest BCUT2D eigenvalue weighted by Crippen LogP contribution is -2.09. The SMILES string of the molecule is NC(=S)c1ccc(Nc2nc3c(s2)CCC3)nc1. The average Bonchev–Trinajstić information content (AvgIpc) is 2.90.